The second-order valence-corrected chi connectivity index (χ2v) is 6.71. The first-order valence-corrected chi connectivity index (χ1v) is 7.53. The largest absolute Gasteiger partial charge is 0.342 e. The van der Waals surface area contributed by atoms with E-state index >= 15 is 0 Å². The van der Waals surface area contributed by atoms with E-state index in [9.17, 15) is 4.79 Å². The van der Waals surface area contributed by atoms with Gasteiger partial charge < -0.3 is 10.2 Å². The molecular formula is C15H29ClN2O. The monoisotopic (exact) mass is 288 g/mol. The van der Waals surface area contributed by atoms with E-state index in [2.05, 4.69) is 31.0 Å². The molecule has 1 N–H and O–H groups in total. The van der Waals surface area contributed by atoms with E-state index in [1.807, 2.05) is 0 Å². The number of hydrogen-bond acceptors (Lipinski definition) is 2. The number of hydrogen-bond donors (Lipinski definition) is 1. The van der Waals surface area contributed by atoms with E-state index in [0.29, 0.717) is 5.91 Å². The molecular weight excluding hydrogens is 260 g/mol. The third-order valence-electron chi connectivity index (χ3n) is 4.89. The Morgan fingerprint density at radius 1 is 1.32 bits per heavy atom. The van der Waals surface area contributed by atoms with Gasteiger partial charge in [-0.25, -0.2) is 0 Å². The van der Waals surface area contributed by atoms with Crippen LogP contribution in [0.25, 0.3) is 0 Å². The molecule has 2 aliphatic heterocycles. The number of halogens is 1. The summed E-state index contributed by atoms with van der Waals surface area (Å²) >= 11 is 0. The van der Waals surface area contributed by atoms with Gasteiger partial charge in [-0.2, -0.15) is 0 Å². The predicted octanol–water partition coefficient (Wildman–Crippen LogP) is 2.69. The zero-order valence-corrected chi connectivity index (χ0v) is 13.4. The Balaban J connectivity index is 0.00000180. The summed E-state index contributed by atoms with van der Waals surface area (Å²) in [4.78, 5) is 14.8. The van der Waals surface area contributed by atoms with Gasteiger partial charge in [-0.05, 0) is 51.0 Å². The summed E-state index contributed by atoms with van der Waals surface area (Å²) in [6, 6.07) is 0. The third-order valence-corrected chi connectivity index (χ3v) is 4.89. The van der Waals surface area contributed by atoms with Gasteiger partial charge in [-0.1, -0.05) is 13.8 Å². The number of amides is 1. The topological polar surface area (TPSA) is 32.3 Å². The lowest BCUT2D eigenvalue weighted by atomic mass is 9.87. The highest BCUT2D eigenvalue weighted by Gasteiger charge is 2.39. The van der Waals surface area contributed by atoms with Gasteiger partial charge in [0.05, 0.1) is 5.41 Å². The molecule has 19 heavy (non-hydrogen) atoms. The lowest BCUT2D eigenvalue weighted by Gasteiger charge is -2.30. The lowest BCUT2D eigenvalue weighted by Crippen LogP contribution is -2.44. The van der Waals surface area contributed by atoms with E-state index in [4.69, 9.17) is 0 Å². The highest BCUT2D eigenvalue weighted by atomic mass is 35.5. The molecule has 4 heteroatoms. The Morgan fingerprint density at radius 2 is 2.05 bits per heavy atom. The Morgan fingerprint density at radius 3 is 2.63 bits per heavy atom. The minimum absolute atomic E-state index is 0. The summed E-state index contributed by atoms with van der Waals surface area (Å²) in [6.07, 6.45) is 4.65. The van der Waals surface area contributed by atoms with Crippen LogP contribution in [0.4, 0.5) is 0 Å². The Hall–Kier alpha value is -0.280. The van der Waals surface area contributed by atoms with E-state index < -0.39 is 0 Å². The van der Waals surface area contributed by atoms with Crippen molar-refractivity contribution in [3.05, 3.63) is 0 Å². The highest BCUT2D eigenvalue weighted by molar-refractivity contribution is 5.85. The fraction of sp³-hybridized carbons (Fsp3) is 0.933. The van der Waals surface area contributed by atoms with Crippen molar-refractivity contribution in [3.63, 3.8) is 0 Å². The second kappa shape index (κ2) is 6.94. The molecule has 0 aromatic rings. The molecule has 0 saturated carbocycles. The van der Waals surface area contributed by atoms with Crippen LogP contribution in [0.1, 0.15) is 46.5 Å². The van der Waals surface area contributed by atoms with E-state index in [-0.39, 0.29) is 17.8 Å². The molecule has 0 aliphatic carbocycles. The number of nitrogens with zero attached hydrogens (tertiary/aromatic N) is 1. The van der Waals surface area contributed by atoms with Gasteiger partial charge in [-0.3, -0.25) is 4.79 Å². The number of carbonyl (C=O) groups excluding carboxylic acids is 1. The van der Waals surface area contributed by atoms with E-state index in [0.717, 1.165) is 44.4 Å². The molecule has 1 amide bonds. The minimum atomic E-state index is -0.141. The van der Waals surface area contributed by atoms with Gasteiger partial charge in [0.15, 0.2) is 0 Å². The van der Waals surface area contributed by atoms with Gasteiger partial charge in [0, 0.05) is 19.6 Å². The van der Waals surface area contributed by atoms with Crippen LogP contribution in [-0.4, -0.2) is 37.0 Å². The first kappa shape index (κ1) is 16.8. The number of carbonyl (C=O) groups is 1. The van der Waals surface area contributed by atoms with Crippen molar-refractivity contribution in [2.45, 2.75) is 46.5 Å². The Kier molecular flexibility index (Phi) is 6.13. The maximum Gasteiger partial charge on any atom is 0.229 e. The van der Waals surface area contributed by atoms with Crippen LogP contribution in [0.3, 0.4) is 0 Å². The Labute approximate surface area is 123 Å². The van der Waals surface area contributed by atoms with Crippen LogP contribution in [0.5, 0.6) is 0 Å². The van der Waals surface area contributed by atoms with Gasteiger partial charge in [0.2, 0.25) is 5.91 Å². The third kappa shape index (κ3) is 3.85. The summed E-state index contributed by atoms with van der Waals surface area (Å²) in [5, 5.41) is 3.33. The molecule has 2 saturated heterocycles. The fourth-order valence-electron chi connectivity index (χ4n) is 3.37. The van der Waals surface area contributed by atoms with Crippen LogP contribution in [0.15, 0.2) is 0 Å². The maximum atomic E-state index is 12.6. The maximum absolute atomic E-state index is 12.6. The number of rotatable bonds is 2. The average Bonchev–Trinajstić information content (AvgIpc) is 2.65. The zero-order chi connectivity index (χ0) is 13.2. The molecule has 2 atom stereocenters. The minimum Gasteiger partial charge on any atom is -0.342 e. The molecule has 0 radical (unpaired) electrons. The van der Waals surface area contributed by atoms with Crippen molar-refractivity contribution in [1.29, 1.82) is 0 Å². The van der Waals surface area contributed by atoms with Crippen LogP contribution in [0.2, 0.25) is 0 Å². The van der Waals surface area contributed by atoms with Crippen molar-refractivity contribution in [2.24, 2.45) is 17.3 Å². The SMILES string of the molecule is CC(C)C1CCCN(C(=O)C2(C)CCNC2)CC1.Cl. The molecule has 112 valence electrons. The van der Waals surface area contributed by atoms with Gasteiger partial charge in [0.1, 0.15) is 0 Å². The summed E-state index contributed by atoms with van der Waals surface area (Å²) in [6.45, 7) is 10.5. The Bertz CT molecular complexity index is 301. The van der Waals surface area contributed by atoms with E-state index in [1.165, 1.54) is 19.3 Å². The molecule has 0 aromatic carbocycles. The van der Waals surface area contributed by atoms with Gasteiger partial charge in [-0.15, -0.1) is 12.4 Å². The molecule has 2 unspecified atom stereocenters. The summed E-state index contributed by atoms with van der Waals surface area (Å²) < 4.78 is 0. The molecule has 0 bridgehead atoms. The second-order valence-electron chi connectivity index (χ2n) is 6.71. The molecule has 0 aromatic heterocycles. The molecule has 2 rings (SSSR count). The molecule has 2 fully saturated rings. The first-order valence-electron chi connectivity index (χ1n) is 7.53. The predicted molar refractivity (Wildman–Crippen MR) is 81.6 cm³/mol. The molecule has 0 spiro atoms. The molecule has 2 aliphatic rings. The van der Waals surface area contributed by atoms with Crippen molar-refractivity contribution >= 4 is 18.3 Å². The van der Waals surface area contributed by atoms with Gasteiger partial charge in [0.25, 0.3) is 0 Å². The lowest BCUT2D eigenvalue weighted by molar-refractivity contribution is -0.140. The van der Waals surface area contributed by atoms with E-state index in [1.54, 1.807) is 0 Å². The van der Waals surface area contributed by atoms with Crippen molar-refractivity contribution in [3.8, 4) is 0 Å². The highest BCUT2D eigenvalue weighted by Crippen LogP contribution is 2.30. The summed E-state index contributed by atoms with van der Waals surface area (Å²) in [5.74, 6) is 1.94. The van der Waals surface area contributed by atoms with Gasteiger partial charge >= 0.3 is 0 Å². The van der Waals surface area contributed by atoms with Crippen molar-refractivity contribution in [1.82, 2.24) is 10.2 Å². The quantitative estimate of drug-likeness (QED) is 0.847. The summed E-state index contributed by atoms with van der Waals surface area (Å²) in [7, 11) is 0. The average molecular weight is 289 g/mol. The first-order chi connectivity index (χ1) is 8.53. The van der Waals surface area contributed by atoms with Crippen LogP contribution in [-0.2, 0) is 4.79 Å². The van der Waals surface area contributed by atoms with Crippen LogP contribution < -0.4 is 5.32 Å². The van der Waals surface area contributed by atoms with Crippen molar-refractivity contribution < 1.29 is 4.79 Å². The van der Waals surface area contributed by atoms with Crippen molar-refractivity contribution in [2.75, 3.05) is 26.2 Å². The molecule has 2 heterocycles. The fourth-order valence-corrected chi connectivity index (χ4v) is 3.37. The number of nitrogens with one attached hydrogen (secondary N) is 1. The van der Waals surface area contributed by atoms with Crippen LogP contribution >= 0.6 is 12.4 Å². The smallest absolute Gasteiger partial charge is 0.229 e. The molecule has 3 nitrogen and oxygen atoms in total. The number of likely N-dealkylation sites (tertiary alicyclic amines) is 1. The zero-order valence-electron chi connectivity index (χ0n) is 12.6. The standard InChI is InChI=1S/C15H28N2O.ClH/c1-12(2)13-5-4-9-17(10-6-13)14(18)15(3)7-8-16-11-15;/h12-13,16H,4-11H2,1-3H3;1H. The van der Waals surface area contributed by atoms with Crippen LogP contribution in [0, 0.1) is 17.3 Å². The normalized spacial score (nSPS) is 32.0. The summed E-state index contributed by atoms with van der Waals surface area (Å²) in [5.41, 5.74) is -0.141.